The Labute approximate surface area is 114 Å². The summed E-state index contributed by atoms with van der Waals surface area (Å²) >= 11 is 0. The maximum Gasteiger partial charge on any atom is 0.209 e. The summed E-state index contributed by atoms with van der Waals surface area (Å²) < 4.78 is 32.1. The lowest BCUT2D eigenvalue weighted by Gasteiger charge is -2.40. The molecule has 1 atom stereocenters. The minimum atomic E-state index is -3.22. The van der Waals surface area contributed by atoms with Crippen molar-refractivity contribution in [2.75, 3.05) is 6.26 Å². The van der Waals surface area contributed by atoms with Crippen molar-refractivity contribution in [3.05, 3.63) is 29.8 Å². The van der Waals surface area contributed by atoms with Crippen molar-refractivity contribution >= 4 is 10.0 Å². The SMILES string of the molecule is CS(=O)(=O)NC1CC2(CCCC2)Oc2ccccc21. The number of hydrogen-bond donors (Lipinski definition) is 1. The van der Waals surface area contributed by atoms with Gasteiger partial charge in [0.1, 0.15) is 11.4 Å². The average Bonchev–Trinajstić information content (AvgIpc) is 2.75. The van der Waals surface area contributed by atoms with Gasteiger partial charge in [0.15, 0.2) is 0 Å². The van der Waals surface area contributed by atoms with Crippen LogP contribution >= 0.6 is 0 Å². The first-order chi connectivity index (χ1) is 8.98. The van der Waals surface area contributed by atoms with E-state index in [4.69, 9.17) is 4.74 Å². The molecule has 1 fully saturated rings. The lowest BCUT2D eigenvalue weighted by molar-refractivity contribution is 0.0403. The van der Waals surface area contributed by atoms with Crippen LogP contribution in [0.1, 0.15) is 43.7 Å². The molecular weight excluding hydrogens is 262 g/mol. The normalized spacial score (nSPS) is 25.0. The number of rotatable bonds is 2. The van der Waals surface area contributed by atoms with E-state index in [2.05, 4.69) is 4.72 Å². The number of ether oxygens (including phenoxy) is 1. The molecule has 19 heavy (non-hydrogen) atoms. The summed E-state index contributed by atoms with van der Waals surface area (Å²) in [6.07, 6.45) is 6.30. The van der Waals surface area contributed by atoms with Crippen LogP contribution in [0.25, 0.3) is 0 Å². The minimum Gasteiger partial charge on any atom is -0.487 e. The summed E-state index contributed by atoms with van der Waals surface area (Å²) in [5, 5.41) is 0. The summed E-state index contributed by atoms with van der Waals surface area (Å²) in [4.78, 5) is 0. The number of nitrogens with one attached hydrogen (secondary N) is 1. The van der Waals surface area contributed by atoms with Crippen LogP contribution in [0.5, 0.6) is 5.75 Å². The summed E-state index contributed by atoms with van der Waals surface area (Å²) in [6, 6.07) is 7.57. The first-order valence-corrected chi connectivity index (χ1v) is 8.62. The molecule has 3 rings (SSSR count). The molecule has 0 bridgehead atoms. The van der Waals surface area contributed by atoms with Gasteiger partial charge in [-0.05, 0) is 31.7 Å². The van der Waals surface area contributed by atoms with E-state index in [0.717, 1.165) is 43.4 Å². The zero-order valence-corrected chi connectivity index (χ0v) is 11.9. The summed E-state index contributed by atoms with van der Waals surface area (Å²) in [7, 11) is -3.22. The van der Waals surface area contributed by atoms with Crippen LogP contribution < -0.4 is 9.46 Å². The third kappa shape index (κ3) is 2.62. The van der Waals surface area contributed by atoms with E-state index in [-0.39, 0.29) is 11.6 Å². The monoisotopic (exact) mass is 281 g/mol. The molecule has 104 valence electrons. The molecule has 0 radical (unpaired) electrons. The van der Waals surface area contributed by atoms with E-state index < -0.39 is 10.0 Å². The Bertz CT molecular complexity index is 576. The standard InChI is InChI=1S/C14H19NO3S/c1-19(16,17)15-12-10-14(8-4-5-9-14)18-13-7-3-2-6-11(12)13/h2-3,6-7,12,15H,4-5,8-10H2,1H3. The molecule has 1 aromatic carbocycles. The van der Waals surface area contributed by atoms with Gasteiger partial charge in [-0.1, -0.05) is 18.2 Å². The Morgan fingerprint density at radius 3 is 2.63 bits per heavy atom. The molecular formula is C14H19NO3S. The van der Waals surface area contributed by atoms with Crippen LogP contribution in [0.15, 0.2) is 24.3 Å². The molecule has 1 heterocycles. The summed E-state index contributed by atoms with van der Waals surface area (Å²) in [5.74, 6) is 0.830. The first kappa shape index (κ1) is 12.9. The van der Waals surface area contributed by atoms with Crippen LogP contribution in [-0.2, 0) is 10.0 Å². The zero-order valence-electron chi connectivity index (χ0n) is 11.1. The first-order valence-electron chi connectivity index (χ1n) is 6.73. The van der Waals surface area contributed by atoms with Gasteiger partial charge in [-0.25, -0.2) is 13.1 Å². The molecule has 5 heteroatoms. The Kier molecular flexibility index (Phi) is 3.06. The van der Waals surface area contributed by atoms with Crippen LogP contribution in [0.3, 0.4) is 0 Å². The van der Waals surface area contributed by atoms with Gasteiger partial charge in [-0.3, -0.25) is 0 Å². The van der Waals surface area contributed by atoms with E-state index >= 15 is 0 Å². The molecule has 1 saturated carbocycles. The van der Waals surface area contributed by atoms with Crippen molar-refractivity contribution in [2.24, 2.45) is 0 Å². The second-order valence-electron chi connectivity index (χ2n) is 5.68. The van der Waals surface area contributed by atoms with Crippen molar-refractivity contribution in [1.82, 2.24) is 4.72 Å². The zero-order chi connectivity index (χ0) is 13.5. The van der Waals surface area contributed by atoms with Crippen LogP contribution in [0.4, 0.5) is 0 Å². The van der Waals surface area contributed by atoms with Crippen LogP contribution in [0.2, 0.25) is 0 Å². The second-order valence-corrected chi connectivity index (χ2v) is 7.46. The fourth-order valence-corrected chi connectivity index (χ4v) is 4.03. The quantitative estimate of drug-likeness (QED) is 0.905. The van der Waals surface area contributed by atoms with Gasteiger partial charge in [0.05, 0.1) is 12.3 Å². The smallest absolute Gasteiger partial charge is 0.209 e. The van der Waals surface area contributed by atoms with Gasteiger partial charge in [0.25, 0.3) is 0 Å². The Hall–Kier alpha value is -1.07. The Morgan fingerprint density at radius 1 is 1.26 bits per heavy atom. The van der Waals surface area contributed by atoms with E-state index in [1.165, 1.54) is 6.26 Å². The van der Waals surface area contributed by atoms with E-state index in [9.17, 15) is 8.42 Å². The van der Waals surface area contributed by atoms with E-state index in [1.807, 2.05) is 24.3 Å². The van der Waals surface area contributed by atoms with E-state index in [1.54, 1.807) is 0 Å². The Morgan fingerprint density at radius 2 is 1.95 bits per heavy atom. The predicted octanol–water partition coefficient (Wildman–Crippen LogP) is 2.37. The van der Waals surface area contributed by atoms with Gasteiger partial charge in [-0.2, -0.15) is 0 Å². The van der Waals surface area contributed by atoms with Gasteiger partial charge in [0, 0.05) is 12.0 Å². The Balaban J connectivity index is 1.98. The topological polar surface area (TPSA) is 55.4 Å². The van der Waals surface area contributed by atoms with Crippen LogP contribution in [0, 0.1) is 0 Å². The molecule has 1 aliphatic heterocycles. The minimum absolute atomic E-state index is 0.168. The fraction of sp³-hybridized carbons (Fsp3) is 0.571. The summed E-state index contributed by atoms with van der Waals surface area (Å²) in [5.41, 5.74) is 0.780. The highest BCUT2D eigenvalue weighted by atomic mass is 32.2. The third-order valence-electron chi connectivity index (χ3n) is 4.07. The molecule has 1 unspecified atom stereocenters. The van der Waals surface area contributed by atoms with Gasteiger partial charge in [0.2, 0.25) is 10.0 Å². The number of para-hydroxylation sites is 1. The highest BCUT2D eigenvalue weighted by Gasteiger charge is 2.43. The largest absolute Gasteiger partial charge is 0.487 e. The van der Waals surface area contributed by atoms with Crippen molar-refractivity contribution in [3.8, 4) is 5.75 Å². The maximum atomic E-state index is 11.6. The molecule has 1 spiro atoms. The number of benzene rings is 1. The lowest BCUT2D eigenvalue weighted by atomic mass is 9.86. The third-order valence-corrected chi connectivity index (χ3v) is 4.78. The number of sulfonamides is 1. The molecule has 0 aromatic heterocycles. The van der Waals surface area contributed by atoms with Gasteiger partial charge in [-0.15, -0.1) is 0 Å². The lowest BCUT2D eigenvalue weighted by Crippen LogP contribution is -2.43. The second kappa shape index (κ2) is 4.49. The molecule has 2 aliphatic rings. The predicted molar refractivity (Wildman–Crippen MR) is 73.6 cm³/mol. The van der Waals surface area contributed by atoms with Crippen molar-refractivity contribution in [1.29, 1.82) is 0 Å². The summed E-state index contributed by atoms with van der Waals surface area (Å²) in [6.45, 7) is 0. The van der Waals surface area contributed by atoms with Crippen LogP contribution in [-0.4, -0.2) is 20.3 Å². The molecule has 1 aromatic rings. The number of fused-ring (bicyclic) bond motifs is 1. The molecule has 1 aliphatic carbocycles. The number of hydrogen-bond acceptors (Lipinski definition) is 3. The van der Waals surface area contributed by atoms with Gasteiger partial charge >= 0.3 is 0 Å². The molecule has 0 amide bonds. The molecule has 4 nitrogen and oxygen atoms in total. The average molecular weight is 281 g/mol. The van der Waals surface area contributed by atoms with Crippen molar-refractivity contribution < 1.29 is 13.2 Å². The van der Waals surface area contributed by atoms with Crippen molar-refractivity contribution in [3.63, 3.8) is 0 Å². The van der Waals surface area contributed by atoms with Gasteiger partial charge < -0.3 is 4.74 Å². The highest BCUT2D eigenvalue weighted by molar-refractivity contribution is 7.88. The molecule has 0 saturated heterocycles. The van der Waals surface area contributed by atoms with Crippen molar-refractivity contribution in [2.45, 2.75) is 43.7 Å². The van der Waals surface area contributed by atoms with E-state index in [0.29, 0.717) is 0 Å². The highest BCUT2D eigenvalue weighted by Crippen LogP contribution is 2.47. The fourth-order valence-electron chi connectivity index (χ4n) is 3.31. The maximum absolute atomic E-state index is 11.6. The molecule has 1 N–H and O–H groups in total.